The van der Waals surface area contributed by atoms with Crippen LogP contribution >= 0.6 is 0 Å². The third-order valence-electron chi connectivity index (χ3n) is 1.70. The van der Waals surface area contributed by atoms with Crippen LogP contribution in [0.25, 0.3) is 0 Å². The quantitative estimate of drug-likeness (QED) is 0.533. The van der Waals surface area contributed by atoms with Gasteiger partial charge in [0.2, 0.25) is 0 Å². The number of nitrogens with two attached hydrogens (primary N) is 1. The number of hydrogen-bond donors (Lipinski definition) is 2. The Morgan fingerprint density at radius 2 is 2.29 bits per heavy atom. The summed E-state index contributed by atoms with van der Waals surface area (Å²) in [7, 11) is 0. The lowest BCUT2D eigenvalue weighted by Crippen LogP contribution is -2.07. The van der Waals surface area contributed by atoms with Crippen LogP contribution in [0.15, 0.2) is 18.2 Å². The van der Waals surface area contributed by atoms with Crippen LogP contribution in [0.3, 0.4) is 0 Å². The van der Waals surface area contributed by atoms with Crippen molar-refractivity contribution < 1.29 is 10.0 Å². The highest BCUT2D eigenvalue weighted by Crippen LogP contribution is 2.26. The fourth-order valence-electron chi connectivity index (χ4n) is 0.974. The predicted octanol–water partition coefficient (Wildman–Crippen LogP) is 0.824. The van der Waals surface area contributed by atoms with E-state index in [0.29, 0.717) is 0 Å². The highest BCUT2D eigenvalue weighted by Gasteiger charge is 2.15. The number of aromatic hydroxyl groups is 1. The fraction of sp³-hybridized carbons (Fsp3) is 0.125. The zero-order valence-electron chi connectivity index (χ0n) is 7.04. The van der Waals surface area contributed by atoms with Gasteiger partial charge in [0.1, 0.15) is 11.8 Å². The van der Waals surface area contributed by atoms with Gasteiger partial charge in [-0.3, -0.25) is 10.1 Å². The van der Waals surface area contributed by atoms with Crippen LogP contribution < -0.4 is 5.73 Å². The summed E-state index contributed by atoms with van der Waals surface area (Å²) in [5.74, 6) is -0.218. The largest absolute Gasteiger partial charge is 0.508 e. The number of nitro groups is 1. The van der Waals surface area contributed by atoms with Crippen molar-refractivity contribution in [1.29, 1.82) is 5.26 Å². The Kier molecular flexibility index (Phi) is 2.65. The molecular weight excluding hydrogens is 186 g/mol. The molecule has 0 fully saturated rings. The van der Waals surface area contributed by atoms with E-state index in [0.717, 1.165) is 18.2 Å². The van der Waals surface area contributed by atoms with Crippen molar-refractivity contribution >= 4 is 5.69 Å². The van der Waals surface area contributed by atoms with Gasteiger partial charge in [0, 0.05) is 17.7 Å². The Labute approximate surface area is 79.3 Å². The van der Waals surface area contributed by atoms with E-state index < -0.39 is 11.0 Å². The van der Waals surface area contributed by atoms with Gasteiger partial charge in [-0.15, -0.1) is 0 Å². The minimum absolute atomic E-state index is 0.0571. The number of nitro benzene ring substituents is 1. The van der Waals surface area contributed by atoms with Crippen LogP contribution in [-0.4, -0.2) is 10.0 Å². The molecule has 0 aliphatic rings. The molecule has 1 rings (SSSR count). The van der Waals surface area contributed by atoms with Gasteiger partial charge in [0.25, 0.3) is 5.69 Å². The minimum atomic E-state index is -1.06. The first-order valence-corrected chi connectivity index (χ1v) is 3.68. The van der Waals surface area contributed by atoms with Crippen molar-refractivity contribution in [2.75, 3.05) is 0 Å². The van der Waals surface area contributed by atoms with Gasteiger partial charge in [-0.05, 0) is 6.07 Å². The lowest BCUT2D eigenvalue weighted by molar-refractivity contribution is -0.384. The van der Waals surface area contributed by atoms with E-state index in [4.69, 9.17) is 11.0 Å². The normalized spacial score (nSPS) is 11.7. The molecule has 0 saturated carbocycles. The van der Waals surface area contributed by atoms with E-state index in [1.807, 2.05) is 0 Å². The molecule has 0 heterocycles. The summed E-state index contributed by atoms with van der Waals surface area (Å²) >= 11 is 0. The number of nitriles is 1. The summed E-state index contributed by atoms with van der Waals surface area (Å²) in [5.41, 5.74) is 5.17. The SMILES string of the molecule is N#C[C@@H](N)c1cc([N+](=O)[O-])ccc1O. The maximum absolute atomic E-state index is 10.4. The zero-order valence-corrected chi connectivity index (χ0v) is 7.04. The van der Waals surface area contributed by atoms with E-state index in [-0.39, 0.29) is 17.0 Å². The molecular formula is C8H7N3O3. The molecule has 0 radical (unpaired) electrons. The number of phenols is 1. The van der Waals surface area contributed by atoms with Gasteiger partial charge in [-0.2, -0.15) is 5.26 Å². The highest BCUT2D eigenvalue weighted by molar-refractivity contribution is 5.46. The molecule has 6 heteroatoms. The van der Waals surface area contributed by atoms with Gasteiger partial charge in [0.15, 0.2) is 0 Å². The van der Waals surface area contributed by atoms with E-state index in [1.54, 1.807) is 6.07 Å². The number of phenolic OH excluding ortho intramolecular Hbond substituents is 1. The summed E-state index contributed by atoms with van der Waals surface area (Å²) < 4.78 is 0. The van der Waals surface area contributed by atoms with E-state index >= 15 is 0 Å². The summed E-state index contributed by atoms with van der Waals surface area (Å²) in [6.07, 6.45) is 0. The first-order valence-electron chi connectivity index (χ1n) is 3.68. The average molecular weight is 193 g/mol. The molecule has 3 N–H and O–H groups in total. The molecule has 1 aromatic carbocycles. The van der Waals surface area contributed by atoms with Crippen LogP contribution in [0.1, 0.15) is 11.6 Å². The molecule has 0 aromatic heterocycles. The van der Waals surface area contributed by atoms with Gasteiger partial charge in [0.05, 0.1) is 11.0 Å². The average Bonchev–Trinajstić information content (AvgIpc) is 2.17. The van der Waals surface area contributed by atoms with Crippen LogP contribution in [0.4, 0.5) is 5.69 Å². The second kappa shape index (κ2) is 3.72. The smallest absolute Gasteiger partial charge is 0.270 e. The molecule has 0 saturated heterocycles. The zero-order chi connectivity index (χ0) is 10.7. The van der Waals surface area contributed by atoms with Gasteiger partial charge in [-0.1, -0.05) is 0 Å². The maximum Gasteiger partial charge on any atom is 0.270 e. The standard InChI is InChI=1S/C8H7N3O3/c9-4-7(10)6-3-5(11(13)14)1-2-8(6)12/h1-3,7,12H,10H2/t7-/m1/s1. The Bertz CT molecular complexity index is 411. The van der Waals surface area contributed by atoms with Crippen molar-refractivity contribution in [3.8, 4) is 11.8 Å². The third-order valence-corrected chi connectivity index (χ3v) is 1.70. The number of hydrogen-bond acceptors (Lipinski definition) is 5. The lowest BCUT2D eigenvalue weighted by Gasteiger charge is -2.04. The Morgan fingerprint density at radius 3 is 2.79 bits per heavy atom. The number of benzene rings is 1. The molecule has 0 aliphatic carbocycles. The van der Waals surface area contributed by atoms with Gasteiger partial charge in [-0.25, -0.2) is 0 Å². The van der Waals surface area contributed by atoms with Crippen molar-refractivity contribution in [3.63, 3.8) is 0 Å². The van der Waals surface area contributed by atoms with Crippen molar-refractivity contribution in [3.05, 3.63) is 33.9 Å². The molecule has 0 unspecified atom stereocenters. The molecule has 72 valence electrons. The lowest BCUT2D eigenvalue weighted by atomic mass is 10.1. The molecule has 0 aliphatic heterocycles. The molecule has 0 amide bonds. The number of nitrogens with zero attached hydrogens (tertiary/aromatic N) is 2. The fourth-order valence-corrected chi connectivity index (χ4v) is 0.974. The highest BCUT2D eigenvalue weighted by atomic mass is 16.6. The summed E-state index contributed by atoms with van der Waals surface area (Å²) in [5, 5.41) is 28.1. The molecule has 0 spiro atoms. The van der Waals surface area contributed by atoms with Crippen molar-refractivity contribution in [2.24, 2.45) is 5.73 Å². The van der Waals surface area contributed by atoms with E-state index in [9.17, 15) is 15.2 Å². The predicted molar refractivity (Wildman–Crippen MR) is 47.3 cm³/mol. The summed E-state index contributed by atoms with van der Waals surface area (Å²) in [6, 6.07) is 3.99. The second-order valence-corrected chi connectivity index (χ2v) is 2.61. The first kappa shape index (κ1) is 9.95. The van der Waals surface area contributed by atoms with Crippen LogP contribution in [0, 0.1) is 21.4 Å². The van der Waals surface area contributed by atoms with E-state index in [2.05, 4.69) is 0 Å². The van der Waals surface area contributed by atoms with Crippen molar-refractivity contribution in [2.45, 2.75) is 6.04 Å². The van der Waals surface area contributed by atoms with Crippen LogP contribution in [0.2, 0.25) is 0 Å². The Morgan fingerprint density at radius 1 is 1.64 bits per heavy atom. The summed E-state index contributed by atoms with van der Waals surface area (Å²) in [4.78, 5) is 9.76. The van der Waals surface area contributed by atoms with Crippen LogP contribution in [0.5, 0.6) is 5.75 Å². The van der Waals surface area contributed by atoms with Crippen molar-refractivity contribution in [1.82, 2.24) is 0 Å². The van der Waals surface area contributed by atoms with Crippen LogP contribution in [-0.2, 0) is 0 Å². The molecule has 1 aromatic rings. The molecule has 1 atom stereocenters. The molecule has 14 heavy (non-hydrogen) atoms. The number of non-ortho nitro benzene ring substituents is 1. The van der Waals surface area contributed by atoms with Gasteiger partial charge < -0.3 is 10.8 Å². The maximum atomic E-state index is 10.4. The second-order valence-electron chi connectivity index (χ2n) is 2.61. The van der Waals surface area contributed by atoms with Gasteiger partial charge >= 0.3 is 0 Å². The van der Waals surface area contributed by atoms with E-state index in [1.165, 1.54) is 0 Å². The topological polar surface area (TPSA) is 113 Å². The third kappa shape index (κ3) is 1.78. The summed E-state index contributed by atoms with van der Waals surface area (Å²) in [6.45, 7) is 0. The number of rotatable bonds is 2. The Hall–Kier alpha value is -2.13. The monoisotopic (exact) mass is 193 g/mol. The molecule has 6 nitrogen and oxygen atoms in total. The molecule has 0 bridgehead atoms. The minimum Gasteiger partial charge on any atom is -0.508 e. The Balaban J connectivity index is 3.23. The first-order chi connectivity index (χ1) is 6.56.